The Labute approximate surface area is 114 Å². The second kappa shape index (κ2) is 5.80. The Morgan fingerprint density at radius 1 is 1.32 bits per heavy atom. The number of hydrogen-bond donors (Lipinski definition) is 1. The van der Waals surface area contributed by atoms with Gasteiger partial charge in [-0.3, -0.25) is 4.90 Å². The first kappa shape index (κ1) is 12.8. The van der Waals surface area contributed by atoms with Crippen LogP contribution in [0.3, 0.4) is 0 Å². The van der Waals surface area contributed by atoms with Crippen LogP contribution in [0, 0.1) is 0 Å². The zero-order chi connectivity index (χ0) is 13.1. The molecule has 0 aromatic heterocycles. The van der Waals surface area contributed by atoms with Gasteiger partial charge in [0.15, 0.2) is 11.5 Å². The van der Waals surface area contributed by atoms with Crippen LogP contribution >= 0.6 is 0 Å². The molecule has 104 valence electrons. The van der Waals surface area contributed by atoms with E-state index in [4.69, 9.17) is 9.47 Å². The van der Waals surface area contributed by atoms with Gasteiger partial charge in [-0.2, -0.15) is 0 Å². The predicted molar refractivity (Wildman–Crippen MR) is 74.5 cm³/mol. The molecule has 0 bridgehead atoms. The number of nitrogens with zero attached hydrogens (tertiary/aromatic N) is 1. The first-order valence-electron chi connectivity index (χ1n) is 7.19. The van der Waals surface area contributed by atoms with Crippen LogP contribution in [0.2, 0.25) is 0 Å². The third-order valence-corrected chi connectivity index (χ3v) is 3.82. The third kappa shape index (κ3) is 3.01. The Hall–Kier alpha value is -1.26. The van der Waals surface area contributed by atoms with E-state index in [1.807, 2.05) is 6.07 Å². The second-order valence-electron chi connectivity index (χ2n) is 5.36. The molecule has 0 amide bonds. The maximum absolute atomic E-state index is 5.43. The molecule has 1 N–H and O–H groups in total. The highest BCUT2D eigenvalue weighted by Gasteiger charge is 2.19. The van der Waals surface area contributed by atoms with Crippen LogP contribution in [0.25, 0.3) is 0 Å². The molecule has 0 aliphatic carbocycles. The lowest BCUT2D eigenvalue weighted by molar-refractivity contribution is 0.173. The second-order valence-corrected chi connectivity index (χ2v) is 5.36. The molecular weight excluding hydrogens is 240 g/mol. The molecule has 2 aliphatic rings. The average Bonchev–Trinajstić information content (AvgIpc) is 2.87. The van der Waals surface area contributed by atoms with E-state index in [2.05, 4.69) is 29.3 Å². The standard InChI is InChI=1S/C15H22N2O2/c1-2-3-13-10-17(7-6-16-13)9-12-4-5-14-15(8-12)19-11-18-14/h4-5,8,13,16H,2-3,6-7,9-11H2,1H3. The molecule has 1 aromatic rings. The minimum absolute atomic E-state index is 0.352. The number of benzene rings is 1. The largest absolute Gasteiger partial charge is 0.454 e. The lowest BCUT2D eigenvalue weighted by Crippen LogP contribution is -2.50. The summed E-state index contributed by atoms with van der Waals surface area (Å²) in [6.07, 6.45) is 2.51. The van der Waals surface area contributed by atoms with Gasteiger partial charge in [0.1, 0.15) is 0 Å². The molecule has 2 heterocycles. The highest BCUT2D eigenvalue weighted by atomic mass is 16.7. The number of rotatable bonds is 4. The van der Waals surface area contributed by atoms with Crippen molar-refractivity contribution in [2.45, 2.75) is 32.4 Å². The number of fused-ring (bicyclic) bond motifs is 1. The molecule has 1 atom stereocenters. The van der Waals surface area contributed by atoms with Gasteiger partial charge < -0.3 is 14.8 Å². The van der Waals surface area contributed by atoms with E-state index in [0.717, 1.165) is 37.7 Å². The fraction of sp³-hybridized carbons (Fsp3) is 0.600. The van der Waals surface area contributed by atoms with Crippen molar-refractivity contribution in [2.24, 2.45) is 0 Å². The summed E-state index contributed by atoms with van der Waals surface area (Å²) < 4.78 is 10.8. The summed E-state index contributed by atoms with van der Waals surface area (Å²) in [6, 6.07) is 6.92. The Bertz CT molecular complexity index is 434. The average molecular weight is 262 g/mol. The van der Waals surface area contributed by atoms with Crippen LogP contribution in [-0.2, 0) is 6.54 Å². The van der Waals surface area contributed by atoms with Crippen molar-refractivity contribution in [3.8, 4) is 11.5 Å². The molecule has 1 unspecified atom stereocenters. The molecule has 0 spiro atoms. The minimum Gasteiger partial charge on any atom is -0.454 e. The molecule has 1 fully saturated rings. The Morgan fingerprint density at radius 3 is 3.11 bits per heavy atom. The molecule has 4 heteroatoms. The Kier molecular flexibility index (Phi) is 3.89. The fourth-order valence-electron chi connectivity index (χ4n) is 2.88. The number of hydrogen-bond acceptors (Lipinski definition) is 4. The predicted octanol–water partition coefficient (Wildman–Crippen LogP) is 1.99. The maximum Gasteiger partial charge on any atom is 0.231 e. The normalized spacial score (nSPS) is 22.7. The van der Waals surface area contributed by atoms with Crippen molar-refractivity contribution in [2.75, 3.05) is 26.4 Å². The molecule has 19 heavy (non-hydrogen) atoms. The van der Waals surface area contributed by atoms with Crippen LogP contribution in [0.4, 0.5) is 0 Å². The lowest BCUT2D eigenvalue weighted by atomic mass is 10.1. The first-order chi connectivity index (χ1) is 9.35. The zero-order valence-electron chi connectivity index (χ0n) is 11.5. The topological polar surface area (TPSA) is 33.7 Å². The number of piperazine rings is 1. The molecule has 4 nitrogen and oxygen atoms in total. The SMILES string of the molecule is CCCC1CN(Cc2ccc3c(c2)OCO3)CCN1. The van der Waals surface area contributed by atoms with Gasteiger partial charge in [0.25, 0.3) is 0 Å². The Balaban J connectivity index is 1.61. The van der Waals surface area contributed by atoms with Gasteiger partial charge in [-0.15, -0.1) is 0 Å². The molecule has 3 rings (SSSR count). The van der Waals surface area contributed by atoms with Gasteiger partial charge in [0.2, 0.25) is 6.79 Å². The van der Waals surface area contributed by atoms with E-state index in [-0.39, 0.29) is 0 Å². The third-order valence-electron chi connectivity index (χ3n) is 3.82. The van der Waals surface area contributed by atoms with Crippen molar-refractivity contribution in [1.82, 2.24) is 10.2 Å². The number of nitrogens with one attached hydrogen (secondary N) is 1. The molecule has 1 aromatic carbocycles. The summed E-state index contributed by atoms with van der Waals surface area (Å²) in [5.41, 5.74) is 1.31. The Morgan fingerprint density at radius 2 is 2.21 bits per heavy atom. The van der Waals surface area contributed by atoms with E-state index in [1.165, 1.54) is 18.4 Å². The smallest absolute Gasteiger partial charge is 0.231 e. The molecular formula is C15H22N2O2. The fourth-order valence-corrected chi connectivity index (χ4v) is 2.88. The van der Waals surface area contributed by atoms with Gasteiger partial charge in [-0.05, 0) is 24.1 Å². The van der Waals surface area contributed by atoms with Crippen molar-refractivity contribution >= 4 is 0 Å². The molecule has 0 radical (unpaired) electrons. The molecule has 0 saturated carbocycles. The monoisotopic (exact) mass is 262 g/mol. The van der Waals surface area contributed by atoms with Gasteiger partial charge in [0.05, 0.1) is 0 Å². The van der Waals surface area contributed by atoms with E-state index in [1.54, 1.807) is 0 Å². The maximum atomic E-state index is 5.43. The summed E-state index contributed by atoms with van der Waals surface area (Å²) in [6.45, 7) is 6.95. The molecule has 2 aliphatic heterocycles. The van der Waals surface area contributed by atoms with Gasteiger partial charge >= 0.3 is 0 Å². The van der Waals surface area contributed by atoms with Crippen molar-refractivity contribution in [3.63, 3.8) is 0 Å². The van der Waals surface area contributed by atoms with Crippen LogP contribution in [-0.4, -0.2) is 37.4 Å². The van der Waals surface area contributed by atoms with Gasteiger partial charge in [0, 0.05) is 32.2 Å². The van der Waals surface area contributed by atoms with Gasteiger partial charge in [-0.1, -0.05) is 19.4 Å². The minimum atomic E-state index is 0.352. The van der Waals surface area contributed by atoms with E-state index >= 15 is 0 Å². The lowest BCUT2D eigenvalue weighted by Gasteiger charge is -2.33. The van der Waals surface area contributed by atoms with Crippen LogP contribution in [0.5, 0.6) is 11.5 Å². The highest BCUT2D eigenvalue weighted by molar-refractivity contribution is 5.44. The van der Waals surface area contributed by atoms with E-state index in [9.17, 15) is 0 Å². The van der Waals surface area contributed by atoms with Crippen molar-refractivity contribution in [1.29, 1.82) is 0 Å². The van der Waals surface area contributed by atoms with Crippen molar-refractivity contribution in [3.05, 3.63) is 23.8 Å². The summed E-state index contributed by atoms with van der Waals surface area (Å²) in [4.78, 5) is 2.52. The first-order valence-corrected chi connectivity index (χ1v) is 7.19. The van der Waals surface area contributed by atoms with Gasteiger partial charge in [-0.25, -0.2) is 0 Å². The van der Waals surface area contributed by atoms with Crippen LogP contribution < -0.4 is 14.8 Å². The van der Waals surface area contributed by atoms with Crippen molar-refractivity contribution < 1.29 is 9.47 Å². The highest BCUT2D eigenvalue weighted by Crippen LogP contribution is 2.32. The quantitative estimate of drug-likeness (QED) is 0.899. The van der Waals surface area contributed by atoms with Crippen LogP contribution in [0.1, 0.15) is 25.3 Å². The summed E-state index contributed by atoms with van der Waals surface area (Å²) in [5.74, 6) is 1.76. The zero-order valence-corrected chi connectivity index (χ0v) is 11.5. The van der Waals surface area contributed by atoms with E-state index < -0.39 is 0 Å². The summed E-state index contributed by atoms with van der Waals surface area (Å²) >= 11 is 0. The summed E-state index contributed by atoms with van der Waals surface area (Å²) in [5, 5.41) is 3.59. The molecule has 1 saturated heterocycles. The van der Waals surface area contributed by atoms with E-state index in [0.29, 0.717) is 12.8 Å². The summed E-state index contributed by atoms with van der Waals surface area (Å²) in [7, 11) is 0. The van der Waals surface area contributed by atoms with Crippen LogP contribution in [0.15, 0.2) is 18.2 Å². The number of ether oxygens (including phenoxy) is 2.